The SMILES string of the molecule is Cc1ccc2oc(-c3ccc(C(=O)Nc4ccc(S(N)(=O)=O)cc4)cc3)cc(=O)c2c1. The summed E-state index contributed by atoms with van der Waals surface area (Å²) in [7, 11) is -3.79. The standard InChI is InChI=1S/C23H18N2O5S/c1-14-2-11-21-19(12-14)20(26)13-22(30-21)15-3-5-16(6-4-15)23(27)25-17-7-9-18(10-8-17)31(24,28)29/h2-13H,1H3,(H,25,27)(H2,24,28,29). The molecule has 0 aliphatic heterocycles. The quantitative estimate of drug-likeness (QED) is 0.508. The third kappa shape index (κ3) is 4.40. The van der Waals surface area contributed by atoms with Gasteiger partial charge in [-0.3, -0.25) is 9.59 Å². The molecule has 3 N–H and O–H groups in total. The van der Waals surface area contributed by atoms with Crippen molar-refractivity contribution in [3.8, 4) is 11.3 Å². The highest BCUT2D eigenvalue weighted by Gasteiger charge is 2.11. The van der Waals surface area contributed by atoms with Crippen molar-refractivity contribution >= 4 is 32.6 Å². The Hall–Kier alpha value is -3.75. The monoisotopic (exact) mass is 434 g/mol. The van der Waals surface area contributed by atoms with Gasteiger partial charge in [-0.1, -0.05) is 23.8 Å². The van der Waals surface area contributed by atoms with Crippen LogP contribution < -0.4 is 15.9 Å². The van der Waals surface area contributed by atoms with Crippen molar-refractivity contribution in [2.45, 2.75) is 11.8 Å². The van der Waals surface area contributed by atoms with E-state index < -0.39 is 10.0 Å². The molecular formula is C23H18N2O5S. The number of hydrogen-bond acceptors (Lipinski definition) is 5. The molecule has 8 heteroatoms. The van der Waals surface area contributed by atoms with Gasteiger partial charge in [0.05, 0.1) is 10.3 Å². The molecule has 1 heterocycles. The number of nitrogens with two attached hydrogens (primary N) is 1. The first-order valence-corrected chi connectivity index (χ1v) is 10.8. The first kappa shape index (κ1) is 20.5. The summed E-state index contributed by atoms with van der Waals surface area (Å²) in [4.78, 5) is 24.9. The Bertz CT molecular complexity index is 1460. The summed E-state index contributed by atoms with van der Waals surface area (Å²) in [6.07, 6.45) is 0. The van der Waals surface area contributed by atoms with Crippen molar-refractivity contribution in [2.75, 3.05) is 5.32 Å². The molecule has 4 aromatic rings. The second kappa shape index (κ2) is 7.82. The lowest BCUT2D eigenvalue weighted by Gasteiger charge is -2.08. The number of carbonyl (C=O) groups is 1. The molecule has 3 aromatic carbocycles. The van der Waals surface area contributed by atoms with Crippen LogP contribution in [-0.2, 0) is 10.0 Å². The zero-order valence-corrected chi connectivity index (χ0v) is 17.3. The molecule has 0 radical (unpaired) electrons. The molecule has 0 aliphatic rings. The maximum atomic E-state index is 12.5. The van der Waals surface area contributed by atoms with Crippen LogP contribution >= 0.6 is 0 Å². The lowest BCUT2D eigenvalue weighted by atomic mass is 10.1. The average molecular weight is 434 g/mol. The maximum absolute atomic E-state index is 12.5. The molecule has 1 aromatic heterocycles. The van der Waals surface area contributed by atoms with E-state index in [4.69, 9.17) is 9.56 Å². The van der Waals surface area contributed by atoms with Gasteiger partial charge in [0.1, 0.15) is 11.3 Å². The zero-order valence-electron chi connectivity index (χ0n) is 16.5. The van der Waals surface area contributed by atoms with Crippen LogP contribution in [0, 0.1) is 6.92 Å². The third-order valence-electron chi connectivity index (χ3n) is 4.75. The van der Waals surface area contributed by atoms with Gasteiger partial charge < -0.3 is 9.73 Å². The zero-order chi connectivity index (χ0) is 22.2. The molecule has 0 spiro atoms. The van der Waals surface area contributed by atoms with Gasteiger partial charge in [0.25, 0.3) is 5.91 Å². The van der Waals surface area contributed by atoms with E-state index in [-0.39, 0.29) is 16.2 Å². The fraction of sp³-hybridized carbons (Fsp3) is 0.0435. The van der Waals surface area contributed by atoms with Crippen LogP contribution in [0.4, 0.5) is 5.69 Å². The molecule has 7 nitrogen and oxygen atoms in total. The first-order chi connectivity index (χ1) is 14.7. The Morgan fingerprint density at radius 1 is 0.935 bits per heavy atom. The second-order valence-corrected chi connectivity index (χ2v) is 8.64. The number of nitrogens with one attached hydrogen (secondary N) is 1. The smallest absolute Gasteiger partial charge is 0.255 e. The molecule has 0 saturated heterocycles. The minimum Gasteiger partial charge on any atom is -0.456 e. The van der Waals surface area contributed by atoms with E-state index in [1.807, 2.05) is 13.0 Å². The normalized spacial score (nSPS) is 11.4. The van der Waals surface area contributed by atoms with Gasteiger partial charge in [0.2, 0.25) is 10.0 Å². The van der Waals surface area contributed by atoms with E-state index in [0.29, 0.717) is 33.5 Å². The van der Waals surface area contributed by atoms with Crippen LogP contribution in [0.5, 0.6) is 0 Å². The van der Waals surface area contributed by atoms with Crippen molar-refractivity contribution in [3.05, 3.63) is 94.1 Å². The molecule has 0 aliphatic carbocycles. The summed E-state index contributed by atoms with van der Waals surface area (Å²) < 4.78 is 28.5. The van der Waals surface area contributed by atoms with Crippen LogP contribution in [0.1, 0.15) is 15.9 Å². The molecule has 0 atom stereocenters. The van der Waals surface area contributed by atoms with Gasteiger partial charge in [0.15, 0.2) is 5.43 Å². The van der Waals surface area contributed by atoms with Crippen LogP contribution in [0.3, 0.4) is 0 Å². The summed E-state index contributed by atoms with van der Waals surface area (Å²) in [5.74, 6) is 0.0391. The molecule has 1 amide bonds. The summed E-state index contributed by atoms with van der Waals surface area (Å²) in [5, 5.41) is 8.27. The molecule has 0 saturated carbocycles. The lowest BCUT2D eigenvalue weighted by Crippen LogP contribution is -2.13. The van der Waals surface area contributed by atoms with Crippen LogP contribution in [0.15, 0.2) is 86.9 Å². The molecule has 156 valence electrons. The minimum absolute atomic E-state index is 0.0399. The van der Waals surface area contributed by atoms with E-state index in [1.165, 1.54) is 30.3 Å². The average Bonchev–Trinajstić information content (AvgIpc) is 2.74. The Morgan fingerprint density at radius 2 is 1.61 bits per heavy atom. The highest BCUT2D eigenvalue weighted by molar-refractivity contribution is 7.89. The highest BCUT2D eigenvalue weighted by Crippen LogP contribution is 2.23. The summed E-state index contributed by atoms with van der Waals surface area (Å²) in [6, 6.07) is 19.0. The maximum Gasteiger partial charge on any atom is 0.255 e. The van der Waals surface area contributed by atoms with Crippen molar-refractivity contribution in [1.82, 2.24) is 0 Å². The fourth-order valence-electron chi connectivity index (χ4n) is 3.13. The van der Waals surface area contributed by atoms with Crippen LogP contribution in [0.25, 0.3) is 22.3 Å². The van der Waals surface area contributed by atoms with Gasteiger partial charge in [-0.25, -0.2) is 13.6 Å². The largest absolute Gasteiger partial charge is 0.456 e. The molecule has 0 fully saturated rings. The number of benzene rings is 3. The number of primary sulfonamides is 1. The molecule has 0 unspecified atom stereocenters. The Labute approximate surface area is 178 Å². The van der Waals surface area contributed by atoms with Gasteiger partial charge in [-0.15, -0.1) is 0 Å². The van der Waals surface area contributed by atoms with Crippen molar-refractivity contribution < 1.29 is 17.6 Å². The molecule has 31 heavy (non-hydrogen) atoms. The molecular weight excluding hydrogens is 416 g/mol. The van der Waals surface area contributed by atoms with Crippen LogP contribution in [-0.4, -0.2) is 14.3 Å². The topological polar surface area (TPSA) is 119 Å². The number of amides is 1. The Morgan fingerprint density at radius 3 is 2.26 bits per heavy atom. The van der Waals surface area contributed by atoms with E-state index in [1.54, 1.807) is 36.4 Å². The number of fused-ring (bicyclic) bond motifs is 1. The summed E-state index contributed by atoms with van der Waals surface area (Å²) >= 11 is 0. The number of hydrogen-bond donors (Lipinski definition) is 2. The van der Waals surface area contributed by atoms with E-state index in [9.17, 15) is 18.0 Å². The Balaban J connectivity index is 1.55. The van der Waals surface area contributed by atoms with Crippen molar-refractivity contribution in [2.24, 2.45) is 5.14 Å². The number of carbonyl (C=O) groups excluding carboxylic acids is 1. The summed E-state index contributed by atoms with van der Waals surface area (Å²) in [5.41, 5.74) is 2.81. The minimum atomic E-state index is -3.79. The predicted molar refractivity (Wildman–Crippen MR) is 118 cm³/mol. The van der Waals surface area contributed by atoms with Gasteiger partial charge in [0, 0.05) is 22.9 Å². The van der Waals surface area contributed by atoms with Crippen molar-refractivity contribution in [3.63, 3.8) is 0 Å². The number of aryl methyl sites for hydroxylation is 1. The van der Waals surface area contributed by atoms with Crippen LogP contribution in [0.2, 0.25) is 0 Å². The first-order valence-electron chi connectivity index (χ1n) is 9.30. The highest BCUT2D eigenvalue weighted by atomic mass is 32.2. The number of sulfonamides is 1. The third-order valence-corrected chi connectivity index (χ3v) is 5.68. The van der Waals surface area contributed by atoms with Gasteiger partial charge >= 0.3 is 0 Å². The Kier molecular flexibility index (Phi) is 5.18. The second-order valence-electron chi connectivity index (χ2n) is 7.08. The van der Waals surface area contributed by atoms with Gasteiger partial charge in [-0.2, -0.15) is 0 Å². The number of rotatable bonds is 4. The van der Waals surface area contributed by atoms with E-state index in [0.717, 1.165) is 5.56 Å². The molecule has 0 bridgehead atoms. The van der Waals surface area contributed by atoms with E-state index in [2.05, 4.69) is 5.32 Å². The van der Waals surface area contributed by atoms with E-state index >= 15 is 0 Å². The lowest BCUT2D eigenvalue weighted by molar-refractivity contribution is 0.102. The number of anilines is 1. The fourth-order valence-corrected chi connectivity index (χ4v) is 3.64. The summed E-state index contributed by atoms with van der Waals surface area (Å²) in [6.45, 7) is 1.91. The van der Waals surface area contributed by atoms with Crippen molar-refractivity contribution in [1.29, 1.82) is 0 Å². The molecule has 4 rings (SSSR count). The van der Waals surface area contributed by atoms with Gasteiger partial charge in [-0.05, 0) is 55.5 Å². The predicted octanol–water partition coefficient (Wildman–Crippen LogP) is 3.67.